The first-order valence-corrected chi connectivity index (χ1v) is 9.42. The van der Waals surface area contributed by atoms with Crippen LogP contribution in [-0.2, 0) is 10.0 Å². The fourth-order valence-electron chi connectivity index (χ4n) is 2.46. The van der Waals surface area contributed by atoms with Crippen molar-refractivity contribution in [2.75, 3.05) is 12.3 Å². The van der Waals surface area contributed by atoms with Crippen LogP contribution in [0.4, 0.5) is 5.69 Å². The largest absolute Gasteiger partial charge is 0.269 e. The predicted octanol–water partition coefficient (Wildman–Crippen LogP) is 3.03. The Morgan fingerprint density at radius 3 is 2.35 bits per heavy atom. The first kappa shape index (κ1) is 16.0. The Morgan fingerprint density at radius 2 is 1.74 bits per heavy atom. The minimum atomic E-state index is -3.69. The summed E-state index contributed by atoms with van der Waals surface area (Å²) in [5.41, 5.74) is 0.805. The third-order valence-electron chi connectivity index (χ3n) is 3.59. The number of nitro groups is 1. The zero-order valence-electron chi connectivity index (χ0n) is 12.0. The maximum Gasteiger partial charge on any atom is 0.269 e. The fraction of sp³-hybridized carbons (Fsp3) is 0.200. The molecule has 0 aliphatic carbocycles. The van der Waals surface area contributed by atoms with Gasteiger partial charge >= 0.3 is 0 Å². The summed E-state index contributed by atoms with van der Waals surface area (Å²) in [6.45, 7) is 0.420. The molecule has 8 heteroatoms. The zero-order chi connectivity index (χ0) is 16.4. The number of non-ortho nitro benzene ring substituents is 1. The molecule has 3 rings (SSSR count). The third kappa shape index (κ3) is 3.10. The third-order valence-corrected chi connectivity index (χ3v) is 6.86. The van der Waals surface area contributed by atoms with E-state index < -0.39 is 14.9 Å². The number of thioether (sulfide) groups is 1. The van der Waals surface area contributed by atoms with Crippen molar-refractivity contribution in [3.63, 3.8) is 0 Å². The molecule has 1 aliphatic heterocycles. The highest BCUT2D eigenvalue weighted by molar-refractivity contribution is 8.01. The summed E-state index contributed by atoms with van der Waals surface area (Å²) in [5.74, 6) is 0.714. The van der Waals surface area contributed by atoms with E-state index in [4.69, 9.17) is 0 Å². The van der Waals surface area contributed by atoms with Gasteiger partial charge in [-0.1, -0.05) is 30.3 Å². The van der Waals surface area contributed by atoms with Crippen LogP contribution in [0.5, 0.6) is 0 Å². The molecule has 23 heavy (non-hydrogen) atoms. The van der Waals surface area contributed by atoms with Crippen LogP contribution >= 0.6 is 11.8 Å². The van der Waals surface area contributed by atoms with Crippen LogP contribution in [0.3, 0.4) is 0 Å². The van der Waals surface area contributed by atoms with Crippen LogP contribution in [-0.4, -0.2) is 29.9 Å². The van der Waals surface area contributed by atoms with E-state index in [0.29, 0.717) is 12.3 Å². The first-order valence-electron chi connectivity index (χ1n) is 6.93. The number of hydrogen-bond acceptors (Lipinski definition) is 5. The lowest BCUT2D eigenvalue weighted by atomic mass is 10.2. The predicted molar refractivity (Wildman–Crippen MR) is 88.6 cm³/mol. The minimum absolute atomic E-state index is 0.0755. The summed E-state index contributed by atoms with van der Waals surface area (Å²) < 4.78 is 27.1. The van der Waals surface area contributed by atoms with Crippen LogP contribution in [0.1, 0.15) is 10.9 Å². The van der Waals surface area contributed by atoms with Crippen molar-refractivity contribution < 1.29 is 13.3 Å². The van der Waals surface area contributed by atoms with Crippen molar-refractivity contribution in [1.82, 2.24) is 4.31 Å². The van der Waals surface area contributed by atoms with Gasteiger partial charge < -0.3 is 0 Å². The molecule has 1 saturated heterocycles. The summed E-state index contributed by atoms with van der Waals surface area (Å²) in [6.07, 6.45) is 0. The molecule has 2 aromatic rings. The lowest BCUT2D eigenvalue weighted by Gasteiger charge is -2.23. The quantitative estimate of drug-likeness (QED) is 0.625. The Bertz CT molecular complexity index is 807. The number of nitro benzene ring substituents is 1. The van der Waals surface area contributed by atoms with E-state index >= 15 is 0 Å². The van der Waals surface area contributed by atoms with Crippen molar-refractivity contribution in [2.24, 2.45) is 0 Å². The van der Waals surface area contributed by atoms with E-state index in [9.17, 15) is 18.5 Å². The molecule has 6 nitrogen and oxygen atoms in total. The average molecular weight is 350 g/mol. The molecule has 0 amide bonds. The van der Waals surface area contributed by atoms with E-state index in [1.807, 2.05) is 30.3 Å². The van der Waals surface area contributed by atoms with E-state index in [0.717, 1.165) is 5.56 Å². The van der Waals surface area contributed by atoms with E-state index in [2.05, 4.69) is 0 Å². The topological polar surface area (TPSA) is 80.5 Å². The second-order valence-corrected chi connectivity index (χ2v) is 8.08. The summed E-state index contributed by atoms with van der Waals surface area (Å²) in [6, 6.07) is 14.5. The fourth-order valence-corrected chi connectivity index (χ4v) is 5.70. The molecule has 120 valence electrons. The molecule has 0 bridgehead atoms. The van der Waals surface area contributed by atoms with Crippen molar-refractivity contribution in [3.05, 3.63) is 70.3 Å². The molecular formula is C15H14N2O4S2. The second-order valence-electron chi connectivity index (χ2n) is 5.00. The molecule has 1 fully saturated rings. The number of rotatable bonds is 4. The number of sulfonamides is 1. The SMILES string of the molecule is O=[N+]([O-])c1ccc(S(=O)(=O)N2CCS[C@@H]2c2ccccc2)cc1. The molecule has 1 atom stereocenters. The standard InChI is InChI=1S/C15H14N2O4S2/c18-17(19)13-6-8-14(9-7-13)23(20,21)16-10-11-22-15(16)12-4-2-1-3-5-12/h1-9,15H,10-11H2/t15-/m1/s1. The van der Waals surface area contributed by atoms with Gasteiger partial charge in [0.05, 0.1) is 15.2 Å². The number of benzene rings is 2. The molecule has 1 aliphatic rings. The van der Waals surface area contributed by atoms with Crippen molar-refractivity contribution in [1.29, 1.82) is 0 Å². The highest BCUT2D eigenvalue weighted by Crippen LogP contribution is 2.41. The van der Waals surface area contributed by atoms with E-state index in [1.54, 1.807) is 11.8 Å². The van der Waals surface area contributed by atoms with Crippen LogP contribution in [0, 0.1) is 10.1 Å². The Labute approximate surface area is 138 Å². The van der Waals surface area contributed by atoms with Gasteiger partial charge in [0.25, 0.3) is 5.69 Å². The number of nitrogens with zero attached hydrogens (tertiary/aromatic N) is 2. The molecule has 0 unspecified atom stereocenters. The maximum atomic E-state index is 12.8. The highest BCUT2D eigenvalue weighted by atomic mass is 32.2. The lowest BCUT2D eigenvalue weighted by molar-refractivity contribution is -0.384. The van der Waals surface area contributed by atoms with Crippen LogP contribution in [0.2, 0.25) is 0 Å². The summed E-state index contributed by atoms with van der Waals surface area (Å²) in [4.78, 5) is 10.2. The maximum absolute atomic E-state index is 12.8. The zero-order valence-corrected chi connectivity index (χ0v) is 13.7. The number of hydrogen-bond donors (Lipinski definition) is 0. The lowest BCUT2D eigenvalue weighted by Crippen LogP contribution is -2.30. The van der Waals surface area contributed by atoms with Crippen LogP contribution in [0.25, 0.3) is 0 Å². The molecule has 2 aromatic carbocycles. The summed E-state index contributed by atoms with van der Waals surface area (Å²) >= 11 is 1.57. The Hall–Kier alpha value is -1.90. The van der Waals surface area contributed by atoms with E-state index in [1.165, 1.54) is 28.6 Å². The van der Waals surface area contributed by atoms with Crippen LogP contribution < -0.4 is 0 Å². The molecule has 0 aromatic heterocycles. The van der Waals surface area contributed by atoms with Gasteiger partial charge in [0.2, 0.25) is 10.0 Å². The van der Waals surface area contributed by atoms with Crippen molar-refractivity contribution in [2.45, 2.75) is 10.3 Å². The van der Waals surface area contributed by atoms with Crippen molar-refractivity contribution >= 4 is 27.5 Å². The smallest absolute Gasteiger partial charge is 0.258 e. The van der Waals surface area contributed by atoms with Crippen molar-refractivity contribution in [3.8, 4) is 0 Å². The Balaban J connectivity index is 1.93. The Kier molecular flexibility index (Phi) is 4.38. The monoisotopic (exact) mass is 350 g/mol. The normalized spacial score (nSPS) is 18.9. The van der Waals surface area contributed by atoms with E-state index in [-0.39, 0.29) is 16.0 Å². The van der Waals surface area contributed by atoms with Gasteiger partial charge in [-0.2, -0.15) is 4.31 Å². The first-order chi connectivity index (χ1) is 11.0. The molecule has 0 radical (unpaired) electrons. The molecule has 0 spiro atoms. The van der Waals surface area contributed by atoms with Gasteiger partial charge in [-0.3, -0.25) is 10.1 Å². The molecular weight excluding hydrogens is 336 g/mol. The summed E-state index contributed by atoms with van der Waals surface area (Å²) in [7, 11) is -3.69. The average Bonchev–Trinajstić information content (AvgIpc) is 3.06. The van der Waals surface area contributed by atoms with Gasteiger partial charge in [0, 0.05) is 24.4 Å². The molecule has 0 saturated carbocycles. The summed E-state index contributed by atoms with van der Waals surface area (Å²) in [5, 5.41) is 10.4. The second kappa shape index (κ2) is 6.31. The van der Waals surface area contributed by atoms with Gasteiger partial charge in [-0.05, 0) is 17.7 Å². The van der Waals surface area contributed by atoms with Gasteiger partial charge in [-0.15, -0.1) is 11.8 Å². The molecule has 0 N–H and O–H groups in total. The highest BCUT2D eigenvalue weighted by Gasteiger charge is 2.36. The Morgan fingerprint density at radius 1 is 1.09 bits per heavy atom. The van der Waals surface area contributed by atoms with Gasteiger partial charge in [-0.25, -0.2) is 8.42 Å². The minimum Gasteiger partial charge on any atom is -0.258 e. The van der Waals surface area contributed by atoms with Crippen LogP contribution in [0.15, 0.2) is 59.5 Å². The van der Waals surface area contributed by atoms with Gasteiger partial charge in [0.15, 0.2) is 0 Å². The molecule has 1 heterocycles. The van der Waals surface area contributed by atoms with Gasteiger partial charge in [0.1, 0.15) is 0 Å².